The Morgan fingerprint density at radius 1 is 1.23 bits per heavy atom. The summed E-state index contributed by atoms with van der Waals surface area (Å²) in [4.78, 5) is 33.1. The van der Waals surface area contributed by atoms with Gasteiger partial charge >= 0.3 is 13.6 Å². The lowest BCUT2D eigenvalue weighted by Gasteiger charge is -2.08. The van der Waals surface area contributed by atoms with Crippen LogP contribution in [0.3, 0.4) is 0 Å². The van der Waals surface area contributed by atoms with Crippen molar-refractivity contribution < 1.29 is 23.8 Å². The fraction of sp³-hybridized carbons (Fsp3) is 0.273. The summed E-state index contributed by atoms with van der Waals surface area (Å²) < 4.78 is 20.6. The average Bonchev–Trinajstić information content (AvgIpc) is 2.46. The van der Waals surface area contributed by atoms with Gasteiger partial charge in [0.25, 0.3) is 0 Å². The van der Waals surface area contributed by atoms with Crippen molar-refractivity contribution in [2.24, 2.45) is 0 Å². The van der Waals surface area contributed by atoms with Crippen LogP contribution < -0.4 is 10.5 Å². The van der Waals surface area contributed by atoms with Crippen LogP contribution in [0.4, 0.5) is 5.95 Å². The lowest BCUT2D eigenvalue weighted by Crippen LogP contribution is -2.11. The van der Waals surface area contributed by atoms with Crippen LogP contribution in [-0.2, 0) is 9.30 Å². The molecular weight excluding hydrogens is 313 g/mol. The Bertz CT molecular complexity index is 665. The van der Waals surface area contributed by atoms with Gasteiger partial charge in [-0.3, -0.25) is 9.55 Å². The highest BCUT2D eigenvalue weighted by atomic mass is 31.2. The van der Waals surface area contributed by atoms with Crippen LogP contribution in [0.25, 0.3) is 11.4 Å². The molecule has 2 aromatic rings. The Morgan fingerprint density at radius 3 is 2.73 bits per heavy atom. The van der Waals surface area contributed by atoms with Gasteiger partial charge in [0.15, 0.2) is 5.82 Å². The van der Waals surface area contributed by atoms with Gasteiger partial charge in [0.05, 0.1) is 6.61 Å². The molecule has 118 valence electrons. The molecule has 0 saturated heterocycles. The van der Waals surface area contributed by atoms with E-state index in [1.54, 1.807) is 24.5 Å². The summed E-state index contributed by atoms with van der Waals surface area (Å²) in [5.41, 5.74) is 6.24. The predicted molar refractivity (Wildman–Crippen MR) is 75.8 cm³/mol. The number of nitrogens with two attached hydrogens (primary N) is 1. The second-order valence-electron chi connectivity index (χ2n) is 4.09. The van der Waals surface area contributed by atoms with Crippen molar-refractivity contribution in [2.45, 2.75) is 0 Å². The van der Waals surface area contributed by atoms with Crippen LogP contribution in [0.5, 0.6) is 6.01 Å². The van der Waals surface area contributed by atoms with E-state index in [9.17, 15) is 4.57 Å². The Labute approximate surface area is 125 Å². The monoisotopic (exact) mass is 327 g/mol. The number of nitrogens with zero attached hydrogens (tertiary/aromatic N) is 4. The minimum atomic E-state index is -4.18. The minimum Gasteiger partial charge on any atom is -0.461 e. The fourth-order valence-corrected chi connectivity index (χ4v) is 1.80. The van der Waals surface area contributed by atoms with Crippen molar-refractivity contribution in [2.75, 3.05) is 25.3 Å². The molecule has 2 aromatic heterocycles. The zero-order valence-electron chi connectivity index (χ0n) is 11.4. The summed E-state index contributed by atoms with van der Waals surface area (Å²) >= 11 is 0. The van der Waals surface area contributed by atoms with E-state index in [0.717, 1.165) is 0 Å². The SMILES string of the molecule is Nc1nc(OCCOCP(=O)(O)O)nc(-c2cccnc2)n1. The lowest BCUT2D eigenvalue weighted by atomic mass is 10.3. The lowest BCUT2D eigenvalue weighted by molar-refractivity contribution is 0.115. The molecule has 0 unspecified atom stereocenters. The van der Waals surface area contributed by atoms with E-state index in [4.69, 9.17) is 25.0 Å². The molecule has 22 heavy (non-hydrogen) atoms. The van der Waals surface area contributed by atoms with Gasteiger partial charge in [-0.2, -0.15) is 15.0 Å². The van der Waals surface area contributed by atoms with Crippen LogP contribution in [0.1, 0.15) is 0 Å². The van der Waals surface area contributed by atoms with Crippen molar-refractivity contribution in [3.05, 3.63) is 24.5 Å². The highest BCUT2D eigenvalue weighted by Gasteiger charge is 2.12. The molecule has 0 radical (unpaired) electrons. The molecule has 2 rings (SSSR count). The zero-order valence-corrected chi connectivity index (χ0v) is 12.3. The molecule has 0 atom stereocenters. The minimum absolute atomic E-state index is 0.00821. The van der Waals surface area contributed by atoms with Gasteiger partial charge < -0.3 is 25.0 Å². The first-order chi connectivity index (χ1) is 10.4. The quantitative estimate of drug-likeness (QED) is 0.469. The van der Waals surface area contributed by atoms with Gasteiger partial charge in [0, 0.05) is 18.0 Å². The Kier molecular flexibility index (Phi) is 5.34. The number of nitrogen functional groups attached to an aromatic ring is 1. The van der Waals surface area contributed by atoms with E-state index in [1.165, 1.54) is 0 Å². The maximum atomic E-state index is 10.6. The van der Waals surface area contributed by atoms with E-state index >= 15 is 0 Å². The molecular formula is C11H14N5O5P. The average molecular weight is 327 g/mol. The van der Waals surface area contributed by atoms with E-state index in [1.807, 2.05) is 0 Å². The Balaban J connectivity index is 1.95. The van der Waals surface area contributed by atoms with E-state index in [0.29, 0.717) is 11.4 Å². The third-order valence-electron chi connectivity index (χ3n) is 2.27. The predicted octanol–water partition coefficient (Wildman–Crippen LogP) is 0.0464. The Morgan fingerprint density at radius 2 is 2.05 bits per heavy atom. The summed E-state index contributed by atoms with van der Waals surface area (Å²) in [6, 6.07) is 3.48. The molecule has 0 aliphatic carbocycles. The molecule has 0 amide bonds. The van der Waals surface area contributed by atoms with E-state index in [2.05, 4.69) is 19.9 Å². The molecule has 0 spiro atoms. The van der Waals surface area contributed by atoms with Crippen molar-refractivity contribution in [1.82, 2.24) is 19.9 Å². The van der Waals surface area contributed by atoms with Gasteiger partial charge in [0.1, 0.15) is 13.0 Å². The van der Waals surface area contributed by atoms with Crippen LogP contribution >= 0.6 is 7.60 Å². The number of pyridine rings is 1. The second-order valence-corrected chi connectivity index (χ2v) is 5.68. The third kappa shape index (κ3) is 5.34. The second kappa shape index (κ2) is 7.23. The third-order valence-corrected chi connectivity index (χ3v) is 2.79. The number of rotatable bonds is 7. The summed E-state index contributed by atoms with van der Waals surface area (Å²) in [6.45, 7) is -0.0190. The molecule has 11 heteroatoms. The van der Waals surface area contributed by atoms with E-state index in [-0.39, 0.29) is 25.2 Å². The molecule has 10 nitrogen and oxygen atoms in total. The zero-order chi connectivity index (χ0) is 16.0. The summed E-state index contributed by atoms with van der Waals surface area (Å²) in [5, 5.41) is 0. The van der Waals surface area contributed by atoms with Crippen LogP contribution in [0.2, 0.25) is 0 Å². The van der Waals surface area contributed by atoms with Crippen molar-refractivity contribution in [3.8, 4) is 17.4 Å². The first kappa shape index (κ1) is 16.2. The van der Waals surface area contributed by atoms with Crippen molar-refractivity contribution in [3.63, 3.8) is 0 Å². The molecule has 4 N–H and O–H groups in total. The number of aromatic nitrogens is 4. The van der Waals surface area contributed by atoms with Crippen LogP contribution in [0.15, 0.2) is 24.5 Å². The number of ether oxygens (including phenoxy) is 2. The van der Waals surface area contributed by atoms with Crippen molar-refractivity contribution in [1.29, 1.82) is 0 Å². The molecule has 0 fully saturated rings. The molecule has 0 aliphatic rings. The summed E-state index contributed by atoms with van der Waals surface area (Å²) in [6.07, 6.45) is 2.52. The smallest absolute Gasteiger partial charge is 0.350 e. The molecule has 0 bridgehead atoms. The number of anilines is 1. The van der Waals surface area contributed by atoms with Gasteiger partial charge in [-0.25, -0.2) is 0 Å². The van der Waals surface area contributed by atoms with Crippen LogP contribution in [0, 0.1) is 0 Å². The largest absolute Gasteiger partial charge is 0.461 e. The topological polar surface area (TPSA) is 154 Å². The normalized spacial score (nSPS) is 11.4. The maximum absolute atomic E-state index is 10.6. The maximum Gasteiger partial charge on any atom is 0.350 e. The summed E-state index contributed by atoms with van der Waals surface area (Å²) in [7, 11) is -4.18. The number of hydrogen-bond donors (Lipinski definition) is 3. The van der Waals surface area contributed by atoms with Crippen molar-refractivity contribution >= 4 is 13.5 Å². The molecule has 0 saturated carbocycles. The van der Waals surface area contributed by atoms with Gasteiger partial charge in [0.2, 0.25) is 5.95 Å². The highest BCUT2D eigenvalue weighted by molar-refractivity contribution is 7.51. The van der Waals surface area contributed by atoms with Gasteiger partial charge in [-0.15, -0.1) is 0 Å². The standard InChI is InChI=1S/C11H14N5O5P/c12-10-14-9(8-2-1-3-13-6-8)15-11(16-10)21-5-4-20-7-22(17,18)19/h1-3,6H,4-5,7H2,(H2,17,18,19)(H2,12,14,15,16). The first-order valence-electron chi connectivity index (χ1n) is 6.11. The summed E-state index contributed by atoms with van der Waals surface area (Å²) in [5.74, 6) is 0.298. The Hall–Kier alpha value is -2.13. The first-order valence-corrected chi connectivity index (χ1v) is 7.91. The number of hydrogen-bond acceptors (Lipinski definition) is 8. The van der Waals surface area contributed by atoms with E-state index < -0.39 is 13.9 Å². The fourth-order valence-electron chi connectivity index (χ4n) is 1.44. The van der Waals surface area contributed by atoms with Crippen LogP contribution in [-0.4, -0.2) is 49.3 Å². The van der Waals surface area contributed by atoms with Gasteiger partial charge in [-0.1, -0.05) is 0 Å². The highest BCUT2D eigenvalue weighted by Crippen LogP contribution is 2.33. The molecule has 0 aliphatic heterocycles. The molecule has 2 heterocycles. The molecule has 0 aromatic carbocycles. The van der Waals surface area contributed by atoms with Gasteiger partial charge in [-0.05, 0) is 12.1 Å².